The van der Waals surface area contributed by atoms with Gasteiger partial charge < -0.3 is 5.73 Å². The number of rotatable bonds is 3. The minimum atomic E-state index is -0.0344. The molecule has 0 aliphatic heterocycles. The van der Waals surface area contributed by atoms with E-state index in [1.807, 2.05) is 24.3 Å². The Balaban J connectivity index is 2.03. The van der Waals surface area contributed by atoms with Crippen molar-refractivity contribution in [2.24, 2.45) is 5.73 Å². The molecule has 0 aliphatic rings. The number of benzene rings is 1. The van der Waals surface area contributed by atoms with Crippen LogP contribution in [0.15, 0.2) is 54.9 Å². The van der Waals surface area contributed by atoms with Gasteiger partial charge in [0.15, 0.2) is 5.78 Å². The van der Waals surface area contributed by atoms with Gasteiger partial charge in [0.25, 0.3) is 0 Å². The highest BCUT2D eigenvalue weighted by atomic mass is 16.1. The number of pyridine rings is 2. The van der Waals surface area contributed by atoms with Gasteiger partial charge in [-0.05, 0) is 36.4 Å². The van der Waals surface area contributed by atoms with Crippen LogP contribution in [0.5, 0.6) is 0 Å². The molecule has 0 radical (unpaired) electrons. The van der Waals surface area contributed by atoms with Crippen molar-refractivity contribution >= 4 is 16.7 Å². The molecule has 4 nitrogen and oxygen atoms in total. The van der Waals surface area contributed by atoms with Gasteiger partial charge in [-0.1, -0.05) is 6.07 Å². The summed E-state index contributed by atoms with van der Waals surface area (Å²) in [5.74, 6) is -0.0344. The number of carbonyl (C=O) groups is 1. The van der Waals surface area contributed by atoms with E-state index in [0.29, 0.717) is 23.4 Å². The van der Waals surface area contributed by atoms with Crippen molar-refractivity contribution in [1.82, 2.24) is 9.97 Å². The lowest BCUT2D eigenvalue weighted by molar-refractivity contribution is 0.103. The molecule has 0 saturated heterocycles. The van der Waals surface area contributed by atoms with Crippen molar-refractivity contribution < 1.29 is 4.79 Å². The number of fused-ring (bicyclic) bond motifs is 1. The van der Waals surface area contributed by atoms with E-state index in [4.69, 9.17) is 5.73 Å². The summed E-state index contributed by atoms with van der Waals surface area (Å²) in [6, 6.07) is 12.7. The highest BCUT2D eigenvalue weighted by Gasteiger charge is 2.10. The summed E-state index contributed by atoms with van der Waals surface area (Å²) in [4.78, 5) is 20.8. The van der Waals surface area contributed by atoms with Crippen molar-refractivity contribution in [2.45, 2.75) is 6.54 Å². The molecule has 3 aromatic rings. The van der Waals surface area contributed by atoms with E-state index >= 15 is 0 Å². The topological polar surface area (TPSA) is 68.9 Å². The third-order valence-electron chi connectivity index (χ3n) is 3.15. The molecule has 0 fully saturated rings. The zero-order chi connectivity index (χ0) is 13.9. The normalized spacial score (nSPS) is 10.7. The van der Waals surface area contributed by atoms with Gasteiger partial charge in [0.2, 0.25) is 0 Å². The van der Waals surface area contributed by atoms with E-state index in [9.17, 15) is 4.79 Å². The van der Waals surface area contributed by atoms with Crippen LogP contribution in [-0.4, -0.2) is 15.8 Å². The predicted molar refractivity (Wildman–Crippen MR) is 77.3 cm³/mol. The first-order valence-electron chi connectivity index (χ1n) is 6.32. The Morgan fingerprint density at radius 3 is 2.70 bits per heavy atom. The first-order valence-corrected chi connectivity index (χ1v) is 6.32. The summed E-state index contributed by atoms with van der Waals surface area (Å²) in [5.41, 5.74) is 8.37. The summed E-state index contributed by atoms with van der Waals surface area (Å²) in [6.07, 6.45) is 3.35. The maximum absolute atomic E-state index is 12.5. The fourth-order valence-corrected chi connectivity index (χ4v) is 2.11. The van der Waals surface area contributed by atoms with Crippen LogP contribution in [0, 0.1) is 0 Å². The second-order valence-corrected chi connectivity index (χ2v) is 4.48. The zero-order valence-electron chi connectivity index (χ0n) is 10.8. The van der Waals surface area contributed by atoms with E-state index < -0.39 is 0 Å². The van der Waals surface area contributed by atoms with Crippen molar-refractivity contribution in [2.75, 3.05) is 0 Å². The Morgan fingerprint density at radius 1 is 1.00 bits per heavy atom. The molecule has 20 heavy (non-hydrogen) atoms. The number of hydrogen-bond donors (Lipinski definition) is 1. The Morgan fingerprint density at radius 2 is 1.85 bits per heavy atom. The van der Waals surface area contributed by atoms with Crippen LogP contribution in [0.1, 0.15) is 21.6 Å². The molecular formula is C16H13N3O. The van der Waals surface area contributed by atoms with Crippen LogP contribution < -0.4 is 5.73 Å². The summed E-state index contributed by atoms with van der Waals surface area (Å²) in [7, 11) is 0. The van der Waals surface area contributed by atoms with Crippen LogP contribution in [-0.2, 0) is 6.54 Å². The fourth-order valence-electron chi connectivity index (χ4n) is 2.11. The third-order valence-corrected chi connectivity index (χ3v) is 3.15. The number of aromatic nitrogens is 2. The van der Waals surface area contributed by atoms with Gasteiger partial charge >= 0.3 is 0 Å². The molecule has 0 amide bonds. The molecule has 0 aliphatic carbocycles. The average Bonchev–Trinajstić information content (AvgIpc) is 2.53. The van der Waals surface area contributed by atoms with Crippen molar-refractivity contribution in [1.29, 1.82) is 0 Å². The summed E-state index contributed by atoms with van der Waals surface area (Å²) in [5, 5.41) is 0.950. The van der Waals surface area contributed by atoms with E-state index in [-0.39, 0.29) is 5.78 Å². The minimum Gasteiger partial charge on any atom is -0.325 e. The number of nitrogens with zero attached hydrogens (tertiary/aromatic N) is 2. The Labute approximate surface area is 116 Å². The highest BCUT2D eigenvalue weighted by Crippen LogP contribution is 2.16. The molecular weight excluding hydrogens is 250 g/mol. The van der Waals surface area contributed by atoms with Gasteiger partial charge in [-0.15, -0.1) is 0 Å². The fraction of sp³-hybridized carbons (Fsp3) is 0.0625. The molecule has 3 rings (SSSR count). The molecule has 4 heteroatoms. The first kappa shape index (κ1) is 12.4. The summed E-state index contributed by atoms with van der Waals surface area (Å²) < 4.78 is 0. The molecule has 2 N–H and O–H groups in total. The van der Waals surface area contributed by atoms with Gasteiger partial charge in [0.1, 0.15) is 0 Å². The molecule has 2 aromatic heterocycles. The average molecular weight is 263 g/mol. The van der Waals surface area contributed by atoms with Crippen LogP contribution in [0.2, 0.25) is 0 Å². The lowest BCUT2D eigenvalue weighted by atomic mass is 10.0. The minimum absolute atomic E-state index is 0.0344. The maximum atomic E-state index is 12.5. The van der Waals surface area contributed by atoms with Crippen LogP contribution in [0.4, 0.5) is 0 Å². The van der Waals surface area contributed by atoms with Crippen molar-refractivity contribution in [3.8, 4) is 0 Å². The van der Waals surface area contributed by atoms with Crippen LogP contribution >= 0.6 is 0 Å². The Hall–Kier alpha value is -2.59. The van der Waals surface area contributed by atoms with Gasteiger partial charge in [-0.3, -0.25) is 14.8 Å². The Kier molecular flexibility index (Phi) is 3.23. The first-order chi connectivity index (χ1) is 9.78. The van der Waals surface area contributed by atoms with E-state index in [0.717, 1.165) is 10.9 Å². The summed E-state index contributed by atoms with van der Waals surface area (Å²) in [6.45, 7) is 0.322. The molecule has 0 bridgehead atoms. The Bertz CT molecular complexity index is 783. The quantitative estimate of drug-likeness (QED) is 0.736. The third kappa shape index (κ3) is 2.29. The number of ketones is 1. The van der Waals surface area contributed by atoms with Gasteiger partial charge in [0.05, 0.1) is 11.2 Å². The lowest BCUT2D eigenvalue weighted by Crippen LogP contribution is -2.05. The lowest BCUT2D eigenvalue weighted by Gasteiger charge is -2.04. The van der Waals surface area contributed by atoms with E-state index in [1.54, 1.807) is 30.6 Å². The highest BCUT2D eigenvalue weighted by molar-refractivity contribution is 6.10. The molecule has 98 valence electrons. The molecule has 0 unspecified atom stereocenters. The molecule has 0 atom stereocenters. The van der Waals surface area contributed by atoms with Crippen molar-refractivity contribution in [3.63, 3.8) is 0 Å². The largest absolute Gasteiger partial charge is 0.325 e. The van der Waals surface area contributed by atoms with Crippen LogP contribution in [0.3, 0.4) is 0 Å². The van der Waals surface area contributed by atoms with Gasteiger partial charge in [-0.2, -0.15) is 0 Å². The smallest absolute Gasteiger partial charge is 0.193 e. The van der Waals surface area contributed by atoms with Gasteiger partial charge in [-0.25, -0.2) is 0 Å². The second-order valence-electron chi connectivity index (χ2n) is 4.48. The maximum Gasteiger partial charge on any atom is 0.193 e. The second kappa shape index (κ2) is 5.19. The molecule has 1 aromatic carbocycles. The zero-order valence-corrected chi connectivity index (χ0v) is 10.8. The number of hydrogen-bond acceptors (Lipinski definition) is 4. The molecule has 0 saturated carbocycles. The summed E-state index contributed by atoms with van der Waals surface area (Å²) >= 11 is 0. The predicted octanol–water partition coefficient (Wildman–Crippen LogP) is 2.32. The number of nitrogens with two attached hydrogens (primary N) is 1. The van der Waals surface area contributed by atoms with E-state index in [2.05, 4.69) is 9.97 Å². The number of carbonyl (C=O) groups excluding carboxylic acids is 1. The molecule has 0 spiro atoms. The van der Waals surface area contributed by atoms with Gasteiger partial charge in [0, 0.05) is 35.5 Å². The standard InChI is InChI=1S/C16H13N3O/c17-10-14-9-13(5-7-18-14)16(20)12-3-4-15-11(8-12)2-1-6-19-15/h1-9H,10,17H2. The van der Waals surface area contributed by atoms with Crippen molar-refractivity contribution in [3.05, 3.63) is 71.7 Å². The monoisotopic (exact) mass is 263 g/mol. The molecule has 2 heterocycles. The SMILES string of the molecule is NCc1cc(C(=O)c2ccc3ncccc3c2)ccn1. The van der Waals surface area contributed by atoms with Crippen LogP contribution in [0.25, 0.3) is 10.9 Å². The van der Waals surface area contributed by atoms with E-state index in [1.165, 1.54) is 0 Å².